The normalized spacial score (nSPS) is 13.4. The van der Waals surface area contributed by atoms with Gasteiger partial charge >= 0.3 is 11.9 Å². The number of nitrogens with zero attached hydrogens (tertiary/aromatic N) is 1. The predicted octanol–water partition coefficient (Wildman–Crippen LogP) is 14.1. The molecule has 0 spiro atoms. The van der Waals surface area contributed by atoms with Gasteiger partial charge in [-0.3, -0.25) is 14.2 Å². The summed E-state index contributed by atoms with van der Waals surface area (Å²) in [6, 6.07) is 0. The summed E-state index contributed by atoms with van der Waals surface area (Å²) in [7, 11) is 1.19. The van der Waals surface area contributed by atoms with Crippen molar-refractivity contribution in [3.63, 3.8) is 0 Å². The van der Waals surface area contributed by atoms with Crippen LogP contribution in [0.15, 0.2) is 0 Å². The quantitative estimate of drug-likeness (QED) is 0.0257. The third-order valence-electron chi connectivity index (χ3n) is 11.4. The molecule has 0 aromatic rings. The highest BCUT2D eigenvalue weighted by Gasteiger charge is 2.21. The number of ether oxygens (including phenoxy) is 2. The van der Waals surface area contributed by atoms with Crippen molar-refractivity contribution in [3.8, 4) is 0 Å². The highest BCUT2D eigenvalue weighted by atomic mass is 31.2. The zero-order chi connectivity index (χ0) is 43.6. The van der Waals surface area contributed by atoms with Crippen LogP contribution in [0.25, 0.3) is 0 Å². The molecule has 9 nitrogen and oxygen atoms in total. The molecule has 10 heteroatoms. The third-order valence-corrected chi connectivity index (χ3v) is 12.3. The van der Waals surface area contributed by atoms with E-state index in [4.69, 9.17) is 18.5 Å². The topological polar surface area (TPSA) is 111 Å². The summed E-state index contributed by atoms with van der Waals surface area (Å²) in [6.07, 6.45) is 44.1. The summed E-state index contributed by atoms with van der Waals surface area (Å²) in [4.78, 5) is 37.7. The molecule has 59 heavy (non-hydrogen) atoms. The van der Waals surface area contributed by atoms with E-state index in [9.17, 15) is 19.0 Å². The molecule has 0 saturated carbocycles. The van der Waals surface area contributed by atoms with Crippen LogP contribution in [0.3, 0.4) is 0 Å². The maximum atomic E-state index is 12.7. The first-order chi connectivity index (χ1) is 28.5. The highest BCUT2D eigenvalue weighted by molar-refractivity contribution is 7.45. The molecule has 0 saturated heterocycles. The monoisotopic (exact) mass is 860 g/mol. The number of unbranched alkanes of at least 4 members (excludes halogenated alkanes) is 33. The van der Waals surface area contributed by atoms with Crippen LogP contribution in [0.2, 0.25) is 0 Å². The smallest absolute Gasteiger partial charge is 0.306 e. The van der Waals surface area contributed by atoms with E-state index in [1.54, 1.807) is 0 Å². The van der Waals surface area contributed by atoms with E-state index < -0.39 is 26.5 Å². The van der Waals surface area contributed by atoms with Crippen molar-refractivity contribution < 1.29 is 42.1 Å². The van der Waals surface area contributed by atoms with Gasteiger partial charge in [-0.25, -0.2) is 0 Å². The first kappa shape index (κ1) is 58.0. The Kier molecular flexibility index (Phi) is 41.6. The van der Waals surface area contributed by atoms with Gasteiger partial charge in [0.1, 0.15) is 19.8 Å². The molecular formula is C49H98NO8P. The number of carbonyl (C=O) groups is 2. The van der Waals surface area contributed by atoms with E-state index in [-0.39, 0.29) is 32.0 Å². The van der Waals surface area contributed by atoms with Gasteiger partial charge in [-0.05, 0) is 12.8 Å². The van der Waals surface area contributed by atoms with Crippen LogP contribution in [0, 0.1) is 0 Å². The zero-order valence-corrected chi connectivity index (χ0v) is 40.6. The fraction of sp³-hybridized carbons (Fsp3) is 0.959. The number of carbonyl (C=O) groups excluding carboxylic acids is 2. The molecule has 352 valence electrons. The Morgan fingerprint density at radius 3 is 1.08 bits per heavy atom. The van der Waals surface area contributed by atoms with Crippen LogP contribution in [-0.2, 0) is 32.7 Å². The molecule has 0 aliphatic rings. The molecule has 0 fully saturated rings. The lowest BCUT2D eigenvalue weighted by atomic mass is 10.0. The molecular weight excluding hydrogens is 762 g/mol. The van der Waals surface area contributed by atoms with Crippen molar-refractivity contribution in [2.75, 3.05) is 47.5 Å². The molecule has 2 atom stereocenters. The first-order valence-electron chi connectivity index (χ1n) is 25.2. The number of hydrogen-bond acceptors (Lipinski definition) is 8. The molecule has 0 heterocycles. The van der Waals surface area contributed by atoms with Crippen LogP contribution in [0.4, 0.5) is 0 Å². The number of likely N-dealkylation sites (N-methyl/N-ethyl adjacent to an activating group) is 1. The van der Waals surface area contributed by atoms with Gasteiger partial charge in [0.05, 0.1) is 27.7 Å². The minimum atomic E-state index is -4.62. The van der Waals surface area contributed by atoms with Crippen LogP contribution in [-0.4, -0.2) is 70.0 Å². The fourth-order valence-corrected chi connectivity index (χ4v) is 8.15. The van der Waals surface area contributed by atoms with E-state index in [0.29, 0.717) is 17.4 Å². The second-order valence-electron chi connectivity index (χ2n) is 18.6. The number of rotatable bonds is 47. The zero-order valence-electron chi connectivity index (χ0n) is 39.7. The van der Waals surface area contributed by atoms with Crippen LogP contribution >= 0.6 is 7.82 Å². The summed E-state index contributed by atoms with van der Waals surface area (Å²) in [5, 5.41) is 0. The summed E-state index contributed by atoms with van der Waals surface area (Å²) in [5.41, 5.74) is 0. The maximum Gasteiger partial charge on any atom is 0.306 e. The Labute approximate surface area is 365 Å². The van der Waals surface area contributed by atoms with Crippen LogP contribution < -0.4 is 4.89 Å². The van der Waals surface area contributed by atoms with E-state index in [0.717, 1.165) is 32.1 Å². The standard InChI is InChI=1S/C49H98NO8P/c1-6-8-10-12-14-16-18-20-22-24-25-26-28-30-32-34-36-38-40-42-49(52)58-47(46-57-59(53,54)56-44-43-50(3,4)5)45-55-48(51)41-39-37-35-33-31-29-27-23-21-19-17-15-13-11-9-7-2/h47H,6-46H2,1-5H3. The SMILES string of the molecule is CCCCCCCCCCCCCCCCCCCCCC(=O)OC(COC(=O)CCCCCCCCCCCCCCCCCC)COP(=O)([O-])OCC[N+](C)(C)C. The average Bonchev–Trinajstić information content (AvgIpc) is 3.19. The lowest BCUT2D eigenvalue weighted by Crippen LogP contribution is -2.37. The lowest BCUT2D eigenvalue weighted by Gasteiger charge is -2.28. The molecule has 2 unspecified atom stereocenters. The summed E-state index contributed by atoms with van der Waals surface area (Å²) in [5.74, 6) is -0.814. The van der Waals surface area contributed by atoms with Crippen molar-refractivity contribution in [3.05, 3.63) is 0 Å². The molecule has 0 aromatic heterocycles. The summed E-state index contributed by atoms with van der Waals surface area (Å²) in [6.45, 7) is 4.29. The van der Waals surface area contributed by atoms with Gasteiger partial charge in [0.2, 0.25) is 0 Å². The molecule has 0 radical (unpaired) electrons. The number of esters is 2. The van der Waals surface area contributed by atoms with E-state index >= 15 is 0 Å². The van der Waals surface area contributed by atoms with Gasteiger partial charge in [0, 0.05) is 12.8 Å². The minimum absolute atomic E-state index is 0.0254. The van der Waals surface area contributed by atoms with E-state index in [1.807, 2.05) is 21.1 Å². The van der Waals surface area contributed by atoms with Gasteiger partial charge in [0.25, 0.3) is 7.82 Å². The van der Waals surface area contributed by atoms with Crippen molar-refractivity contribution in [1.82, 2.24) is 0 Å². The Bertz CT molecular complexity index is 974. The number of phosphoric ester groups is 1. The number of hydrogen-bond donors (Lipinski definition) is 0. The van der Waals surface area contributed by atoms with Crippen molar-refractivity contribution in [2.45, 2.75) is 258 Å². The Hall–Kier alpha value is -0.990. The average molecular weight is 860 g/mol. The lowest BCUT2D eigenvalue weighted by molar-refractivity contribution is -0.870. The second kappa shape index (κ2) is 42.3. The Morgan fingerprint density at radius 1 is 0.458 bits per heavy atom. The van der Waals surface area contributed by atoms with Gasteiger partial charge in [0.15, 0.2) is 6.10 Å². The summed E-state index contributed by atoms with van der Waals surface area (Å²) >= 11 is 0. The van der Waals surface area contributed by atoms with Gasteiger partial charge in [-0.2, -0.15) is 0 Å². The molecule has 0 rings (SSSR count). The van der Waals surface area contributed by atoms with Crippen LogP contribution in [0.1, 0.15) is 251 Å². The second-order valence-corrected chi connectivity index (χ2v) is 20.0. The molecule has 0 amide bonds. The molecule has 0 N–H and O–H groups in total. The number of phosphoric acid groups is 1. The molecule has 0 aromatic carbocycles. The largest absolute Gasteiger partial charge is 0.756 e. The molecule has 0 bridgehead atoms. The van der Waals surface area contributed by atoms with Crippen molar-refractivity contribution >= 4 is 19.8 Å². The first-order valence-corrected chi connectivity index (χ1v) is 26.7. The molecule has 0 aliphatic heterocycles. The Balaban J connectivity index is 4.21. The van der Waals surface area contributed by atoms with Crippen molar-refractivity contribution in [1.29, 1.82) is 0 Å². The highest BCUT2D eigenvalue weighted by Crippen LogP contribution is 2.38. The third kappa shape index (κ3) is 46.3. The van der Waals surface area contributed by atoms with Crippen molar-refractivity contribution in [2.24, 2.45) is 0 Å². The van der Waals surface area contributed by atoms with Gasteiger partial charge in [-0.15, -0.1) is 0 Å². The van der Waals surface area contributed by atoms with Crippen LogP contribution in [0.5, 0.6) is 0 Å². The molecule has 0 aliphatic carbocycles. The predicted molar refractivity (Wildman–Crippen MR) is 245 cm³/mol. The minimum Gasteiger partial charge on any atom is -0.756 e. The Morgan fingerprint density at radius 2 is 0.763 bits per heavy atom. The number of quaternary nitrogens is 1. The summed E-state index contributed by atoms with van der Waals surface area (Å²) < 4.78 is 34.0. The van der Waals surface area contributed by atoms with Gasteiger partial charge in [-0.1, -0.05) is 226 Å². The van der Waals surface area contributed by atoms with E-state index in [2.05, 4.69) is 13.8 Å². The fourth-order valence-electron chi connectivity index (χ4n) is 7.42. The maximum absolute atomic E-state index is 12.7. The van der Waals surface area contributed by atoms with Gasteiger partial charge < -0.3 is 27.9 Å². The van der Waals surface area contributed by atoms with E-state index in [1.165, 1.54) is 186 Å².